The van der Waals surface area contributed by atoms with Crippen LogP contribution >= 0.6 is 0 Å². The molecule has 2 aromatic carbocycles. The van der Waals surface area contributed by atoms with Crippen molar-refractivity contribution in [1.29, 1.82) is 0 Å². The molecule has 0 amide bonds. The van der Waals surface area contributed by atoms with Crippen molar-refractivity contribution in [2.45, 2.75) is 6.18 Å². The maximum absolute atomic E-state index is 12.4. The van der Waals surface area contributed by atoms with Gasteiger partial charge in [-0.1, -0.05) is 12.1 Å². The zero-order valence-corrected chi connectivity index (χ0v) is 9.74. The highest BCUT2D eigenvalue weighted by molar-refractivity contribution is 5.85. The molecule has 2 rings (SSSR count). The first-order valence-corrected chi connectivity index (χ1v) is 5.49. The summed E-state index contributed by atoms with van der Waals surface area (Å²) in [4.78, 5) is 10.8. The predicted octanol–water partition coefficient (Wildman–Crippen LogP) is 4.26. The average molecular weight is 265 g/mol. The molecule has 2 aromatic rings. The van der Waals surface area contributed by atoms with E-state index in [2.05, 4.69) is 5.32 Å². The lowest BCUT2D eigenvalue weighted by Crippen LogP contribution is -2.04. The number of nitrogens with one attached hydrogen (secondary N) is 1. The van der Waals surface area contributed by atoms with E-state index in [4.69, 9.17) is 0 Å². The second kappa shape index (κ2) is 5.14. The fourth-order valence-corrected chi connectivity index (χ4v) is 1.61. The van der Waals surface area contributed by atoms with E-state index in [1.165, 1.54) is 12.1 Å². The Hall–Kier alpha value is -2.30. The summed E-state index contributed by atoms with van der Waals surface area (Å²) in [6.45, 7) is 0. The lowest BCUT2D eigenvalue weighted by atomic mass is 10.1. The number of carbonyl (C=O) groups excluding carboxylic acids is 1. The molecule has 19 heavy (non-hydrogen) atoms. The van der Waals surface area contributed by atoms with Gasteiger partial charge in [0.15, 0.2) is 6.29 Å². The summed E-state index contributed by atoms with van der Waals surface area (Å²) in [7, 11) is 0. The summed E-state index contributed by atoms with van der Waals surface area (Å²) in [5.41, 5.74) is 0.781. The van der Waals surface area contributed by atoms with Crippen LogP contribution in [-0.4, -0.2) is 6.29 Å². The minimum absolute atomic E-state index is 0.447. The van der Waals surface area contributed by atoms with Crippen LogP contribution in [0.25, 0.3) is 0 Å². The highest BCUT2D eigenvalue weighted by Crippen LogP contribution is 2.30. The SMILES string of the molecule is O=Cc1ccccc1Nc1ccc(C(F)(F)F)cc1. The zero-order chi connectivity index (χ0) is 13.9. The third kappa shape index (κ3) is 3.13. The highest BCUT2D eigenvalue weighted by atomic mass is 19.4. The van der Waals surface area contributed by atoms with Crippen molar-refractivity contribution in [3.8, 4) is 0 Å². The number of hydrogen-bond acceptors (Lipinski definition) is 2. The van der Waals surface area contributed by atoms with Crippen molar-refractivity contribution in [3.63, 3.8) is 0 Å². The normalized spacial score (nSPS) is 11.1. The first-order valence-electron chi connectivity index (χ1n) is 5.49. The van der Waals surface area contributed by atoms with Gasteiger partial charge < -0.3 is 5.32 Å². The van der Waals surface area contributed by atoms with Crippen LogP contribution in [0.5, 0.6) is 0 Å². The molecule has 0 fully saturated rings. The van der Waals surface area contributed by atoms with E-state index in [1.807, 2.05) is 0 Å². The Morgan fingerprint density at radius 2 is 1.58 bits per heavy atom. The lowest BCUT2D eigenvalue weighted by molar-refractivity contribution is -0.137. The number of rotatable bonds is 3. The molecule has 0 atom stereocenters. The Kier molecular flexibility index (Phi) is 3.55. The molecule has 0 aromatic heterocycles. The molecule has 0 saturated heterocycles. The predicted molar refractivity (Wildman–Crippen MR) is 66.6 cm³/mol. The van der Waals surface area contributed by atoms with Gasteiger partial charge in [-0.25, -0.2) is 0 Å². The van der Waals surface area contributed by atoms with Gasteiger partial charge >= 0.3 is 6.18 Å². The molecule has 5 heteroatoms. The maximum atomic E-state index is 12.4. The van der Waals surface area contributed by atoms with Crippen LogP contribution in [0, 0.1) is 0 Å². The van der Waals surface area contributed by atoms with Gasteiger partial charge in [-0.3, -0.25) is 4.79 Å². The zero-order valence-electron chi connectivity index (χ0n) is 9.74. The van der Waals surface area contributed by atoms with Crippen LogP contribution in [0.3, 0.4) is 0 Å². The van der Waals surface area contributed by atoms with E-state index < -0.39 is 11.7 Å². The number of halogens is 3. The monoisotopic (exact) mass is 265 g/mol. The standard InChI is InChI=1S/C14H10F3NO/c15-14(16,17)11-5-7-12(8-6-11)18-13-4-2-1-3-10(13)9-19/h1-9,18H. The number of benzene rings is 2. The van der Waals surface area contributed by atoms with E-state index in [9.17, 15) is 18.0 Å². The molecule has 2 nitrogen and oxygen atoms in total. The number of alkyl halides is 3. The number of carbonyl (C=O) groups is 1. The van der Waals surface area contributed by atoms with Crippen LogP contribution in [0.2, 0.25) is 0 Å². The van der Waals surface area contributed by atoms with Crippen molar-refractivity contribution in [2.24, 2.45) is 0 Å². The first-order chi connectivity index (χ1) is 9.00. The van der Waals surface area contributed by atoms with Crippen LogP contribution in [0.4, 0.5) is 24.5 Å². The summed E-state index contributed by atoms with van der Waals surface area (Å²) in [6.07, 6.45) is -3.66. The largest absolute Gasteiger partial charge is 0.416 e. The van der Waals surface area contributed by atoms with Gasteiger partial charge in [0, 0.05) is 16.9 Å². The van der Waals surface area contributed by atoms with Gasteiger partial charge in [0.1, 0.15) is 0 Å². The molecule has 98 valence electrons. The topological polar surface area (TPSA) is 29.1 Å². The Bertz CT molecular complexity index is 576. The third-order valence-electron chi connectivity index (χ3n) is 2.58. The molecule has 0 aliphatic carbocycles. The molecule has 0 aliphatic heterocycles. The summed E-state index contributed by atoms with van der Waals surface area (Å²) in [6, 6.07) is 11.4. The smallest absolute Gasteiger partial charge is 0.355 e. The molecular weight excluding hydrogens is 255 g/mol. The molecule has 0 bridgehead atoms. The minimum Gasteiger partial charge on any atom is -0.355 e. The number of hydrogen-bond donors (Lipinski definition) is 1. The summed E-state index contributed by atoms with van der Waals surface area (Å²) >= 11 is 0. The van der Waals surface area contributed by atoms with Gasteiger partial charge in [-0.2, -0.15) is 13.2 Å². The van der Waals surface area contributed by atoms with Crippen LogP contribution < -0.4 is 5.32 Å². The summed E-state index contributed by atoms with van der Waals surface area (Å²) in [5.74, 6) is 0. The fraction of sp³-hybridized carbons (Fsp3) is 0.0714. The average Bonchev–Trinajstić information content (AvgIpc) is 2.39. The molecule has 0 saturated carbocycles. The molecule has 0 heterocycles. The highest BCUT2D eigenvalue weighted by Gasteiger charge is 2.29. The maximum Gasteiger partial charge on any atom is 0.416 e. The van der Waals surface area contributed by atoms with Crippen molar-refractivity contribution in [1.82, 2.24) is 0 Å². The Morgan fingerprint density at radius 3 is 2.16 bits per heavy atom. The van der Waals surface area contributed by atoms with Crippen molar-refractivity contribution in [2.75, 3.05) is 5.32 Å². The Labute approximate surface area is 107 Å². The van der Waals surface area contributed by atoms with E-state index in [0.717, 1.165) is 12.1 Å². The molecule has 0 aliphatic rings. The van der Waals surface area contributed by atoms with Gasteiger partial charge in [0.05, 0.1) is 5.56 Å². The second-order valence-corrected chi connectivity index (χ2v) is 3.91. The Balaban J connectivity index is 2.22. The summed E-state index contributed by atoms with van der Waals surface area (Å²) < 4.78 is 37.2. The molecule has 1 N–H and O–H groups in total. The quantitative estimate of drug-likeness (QED) is 0.840. The van der Waals surface area contributed by atoms with Gasteiger partial charge in [0.2, 0.25) is 0 Å². The van der Waals surface area contributed by atoms with Gasteiger partial charge in [0.25, 0.3) is 0 Å². The van der Waals surface area contributed by atoms with Crippen molar-refractivity contribution < 1.29 is 18.0 Å². The fourth-order valence-electron chi connectivity index (χ4n) is 1.61. The van der Waals surface area contributed by atoms with Crippen molar-refractivity contribution >= 4 is 17.7 Å². The van der Waals surface area contributed by atoms with E-state index >= 15 is 0 Å². The number of anilines is 2. The number of para-hydroxylation sites is 1. The lowest BCUT2D eigenvalue weighted by Gasteiger charge is -2.10. The Morgan fingerprint density at radius 1 is 0.947 bits per heavy atom. The van der Waals surface area contributed by atoms with Crippen LogP contribution in [-0.2, 0) is 6.18 Å². The van der Waals surface area contributed by atoms with E-state index in [-0.39, 0.29) is 0 Å². The first kappa shape index (κ1) is 13.1. The van der Waals surface area contributed by atoms with E-state index in [1.54, 1.807) is 24.3 Å². The second-order valence-electron chi connectivity index (χ2n) is 3.91. The van der Waals surface area contributed by atoms with Gasteiger partial charge in [-0.05, 0) is 36.4 Å². The van der Waals surface area contributed by atoms with Crippen LogP contribution in [0.15, 0.2) is 48.5 Å². The third-order valence-corrected chi connectivity index (χ3v) is 2.58. The minimum atomic E-state index is -4.35. The number of aldehydes is 1. The van der Waals surface area contributed by atoms with Crippen LogP contribution in [0.1, 0.15) is 15.9 Å². The van der Waals surface area contributed by atoms with Crippen molar-refractivity contribution in [3.05, 3.63) is 59.7 Å². The molecule has 0 spiro atoms. The van der Waals surface area contributed by atoms with E-state index in [0.29, 0.717) is 23.2 Å². The molecule has 0 radical (unpaired) electrons. The summed E-state index contributed by atoms with van der Waals surface area (Å²) in [5, 5.41) is 2.90. The molecule has 0 unspecified atom stereocenters. The molecular formula is C14H10F3NO. The van der Waals surface area contributed by atoms with Gasteiger partial charge in [-0.15, -0.1) is 0 Å².